The van der Waals surface area contributed by atoms with Crippen molar-refractivity contribution >= 4 is 18.0 Å². The van der Waals surface area contributed by atoms with Gasteiger partial charge in [0.05, 0.1) is 18.9 Å². The number of carbonyl (C=O) groups excluding carboxylic acids is 1. The van der Waals surface area contributed by atoms with Crippen LogP contribution in [0.3, 0.4) is 0 Å². The Kier molecular flexibility index (Phi) is 11.5. The predicted molar refractivity (Wildman–Crippen MR) is 146 cm³/mol. The van der Waals surface area contributed by atoms with Crippen molar-refractivity contribution in [2.45, 2.75) is 45.1 Å². The van der Waals surface area contributed by atoms with Crippen LogP contribution in [0, 0.1) is 11.8 Å². The molecule has 0 unspecified atom stereocenters. The summed E-state index contributed by atoms with van der Waals surface area (Å²) < 4.78 is 10.8. The summed E-state index contributed by atoms with van der Waals surface area (Å²) in [5, 5.41) is 10.0. The quantitative estimate of drug-likeness (QED) is 0.180. The Hall–Kier alpha value is -3.86. The van der Waals surface area contributed by atoms with Crippen molar-refractivity contribution in [1.29, 1.82) is 0 Å². The van der Waals surface area contributed by atoms with Crippen LogP contribution in [0.5, 0.6) is 5.75 Å². The smallest absolute Gasteiger partial charge is 0.310 e. The monoisotopic (exact) mass is 500 g/mol. The van der Waals surface area contributed by atoms with E-state index in [0.717, 1.165) is 42.6 Å². The molecule has 0 aliphatic rings. The second kappa shape index (κ2) is 15.3. The highest BCUT2D eigenvalue weighted by molar-refractivity contribution is 5.81. The summed E-state index contributed by atoms with van der Waals surface area (Å²) >= 11 is 0. The molecule has 0 saturated carbocycles. The predicted octanol–water partition coefficient (Wildman–Crippen LogP) is 6.96. The standard InChI is InChI=1S/C32H36O5/c1-36-28-22-20-26(21-23-28)17-11-19-29(31(33)34)30(32(35)37-24-27-15-8-3-9-16-27)18-10-4-7-14-25-12-5-2-6-13-25/h2-3,5-6,8-9,11-13,15-17,20-23,29-30H,4,7,10,14,18-19,24H2,1H3,(H,33,34)/b17-11+/t29-,30+/m1/s1. The lowest BCUT2D eigenvalue weighted by molar-refractivity contribution is -0.159. The fraction of sp³-hybridized carbons (Fsp3) is 0.312. The van der Waals surface area contributed by atoms with Crippen LogP contribution in [0.1, 0.15) is 48.8 Å². The molecule has 37 heavy (non-hydrogen) atoms. The minimum Gasteiger partial charge on any atom is -0.497 e. The van der Waals surface area contributed by atoms with Gasteiger partial charge < -0.3 is 14.6 Å². The highest BCUT2D eigenvalue weighted by Crippen LogP contribution is 2.26. The summed E-state index contributed by atoms with van der Waals surface area (Å²) in [7, 11) is 1.61. The maximum absolute atomic E-state index is 13.1. The van der Waals surface area contributed by atoms with Crippen LogP contribution >= 0.6 is 0 Å². The summed E-state index contributed by atoms with van der Waals surface area (Å²) in [5.41, 5.74) is 3.10. The summed E-state index contributed by atoms with van der Waals surface area (Å²) in [6.45, 7) is 0.137. The maximum Gasteiger partial charge on any atom is 0.310 e. The van der Waals surface area contributed by atoms with E-state index in [2.05, 4.69) is 12.1 Å². The number of carboxylic acids is 1. The van der Waals surface area contributed by atoms with Crippen molar-refractivity contribution < 1.29 is 24.2 Å². The number of hydrogen-bond donors (Lipinski definition) is 1. The molecular weight excluding hydrogens is 464 g/mol. The highest BCUT2D eigenvalue weighted by Gasteiger charge is 2.33. The lowest BCUT2D eigenvalue weighted by atomic mass is 9.85. The van der Waals surface area contributed by atoms with Crippen LogP contribution in [0.2, 0.25) is 0 Å². The first kappa shape index (κ1) is 27.7. The molecule has 0 saturated heterocycles. The van der Waals surface area contributed by atoms with Gasteiger partial charge in [-0.2, -0.15) is 0 Å². The van der Waals surface area contributed by atoms with E-state index in [4.69, 9.17) is 9.47 Å². The van der Waals surface area contributed by atoms with Crippen LogP contribution < -0.4 is 4.74 Å². The molecule has 3 aromatic rings. The van der Waals surface area contributed by atoms with Crippen molar-refractivity contribution in [3.63, 3.8) is 0 Å². The van der Waals surface area contributed by atoms with Gasteiger partial charge in [0.2, 0.25) is 0 Å². The summed E-state index contributed by atoms with van der Waals surface area (Å²) in [6.07, 6.45) is 8.08. The number of carbonyl (C=O) groups is 2. The number of aryl methyl sites for hydroxylation is 1. The van der Waals surface area contributed by atoms with Gasteiger partial charge in [0.15, 0.2) is 0 Å². The van der Waals surface area contributed by atoms with Crippen LogP contribution in [-0.2, 0) is 27.4 Å². The van der Waals surface area contributed by atoms with Gasteiger partial charge in [-0.15, -0.1) is 0 Å². The first-order chi connectivity index (χ1) is 18.1. The average molecular weight is 501 g/mol. The minimum atomic E-state index is -0.981. The molecule has 5 nitrogen and oxygen atoms in total. The third kappa shape index (κ3) is 9.60. The molecule has 0 aliphatic carbocycles. The van der Waals surface area contributed by atoms with Crippen LogP contribution in [0.25, 0.3) is 6.08 Å². The summed E-state index contributed by atoms with van der Waals surface area (Å²) in [6, 6.07) is 27.3. The second-order valence-corrected chi connectivity index (χ2v) is 9.14. The normalized spacial score (nSPS) is 12.7. The topological polar surface area (TPSA) is 72.8 Å². The SMILES string of the molecule is COc1ccc(/C=C/C[C@@H](C(=O)O)[C@H](CCCCCc2ccccc2)C(=O)OCc2ccccc2)cc1. The van der Waals surface area contributed by atoms with E-state index >= 15 is 0 Å². The summed E-state index contributed by atoms with van der Waals surface area (Å²) in [5.74, 6) is -2.23. The van der Waals surface area contributed by atoms with Gasteiger partial charge in [0.25, 0.3) is 0 Å². The number of benzene rings is 3. The van der Waals surface area contributed by atoms with Gasteiger partial charge in [0, 0.05) is 0 Å². The number of ether oxygens (including phenoxy) is 2. The van der Waals surface area contributed by atoms with Gasteiger partial charge in [-0.1, -0.05) is 97.8 Å². The second-order valence-electron chi connectivity index (χ2n) is 9.14. The Bertz CT molecular complexity index is 1110. The lowest BCUT2D eigenvalue weighted by Crippen LogP contribution is -2.31. The van der Waals surface area contributed by atoms with Crippen molar-refractivity contribution in [1.82, 2.24) is 0 Å². The average Bonchev–Trinajstić information content (AvgIpc) is 2.93. The Morgan fingerprint density at radius 2 is 1.46 bits per heavy atom. The number of allylic oxidation sites excluding steroid dienone is 1. The number of hydrogen-bond acceptors (Lipinski definition) is 4. The van der Waals surface area contributed by atoms with Crippen molar-refractivity contribution in [2.75, 3.05) is 7.11 Å². The molecule has 0 fully saturated rings. The number of unbranched alkanes of at least 4 members (excludes halogenated alkanes) is 2. The van der Waals surface area contributed by atoms with Gasteiger partial charge in [0.1, 0.15) is 12.4 Å². The molecule has 194 valence electrons. The number of esters is 1. The molecule has 5 heteroatoms. The van der Waals surface area contributed by atoms with Crippen LogP contribution in [0.15, 0.2) is 91.0 Å². The van der Waals surface area contributed by atoms with E-state index in [1.165, 1.54) is 5.56 Å². The first-order valence-electron chi connectivity index (χ1n) is 12.8. The molecule has 0 radical (unpaired) electrons. The zero-order chi connectivity index (χ0) is 26.3. The molecule has 0 heterocycles. The van der Waals surface area contributed by atoms with Crippen molar-refractivity contribution in [3.05, 3.63) is 108 Å². The molecule has 0 bridgehead atoms. The zero-order valence-corrected chi connectivity index (χ0v) is 21.4. The highest BCUT2D eigenvalue weighted by atomic mass is 16.5. The molecule has 1 N–H and O–H groups in total. The third-order valence-corrected chi connectivity index (χ3v) is 6.47. The number of aliphatic carboxylic acids is 1. The van der Waals surface area contributed by atoms with E-state index in [9.17, 15) is 14.7 Å². The Morgan fingerprint density at radius 1 is 0.811 bits per heavy atom. The molecule has 3 rings (SSSR count). The van der Waals surface area contributed by atoms with E-state index in [1.54, 1.807) is 7.11 Å². The van der Waals surface area contributed by atoms with Crippen molar-refractivity contribution in [3.8, 4) is 5.75 Å². The zero-order valence-electron chi connectivity index (χ0n) is 21.4. The molecule has 3 aromatic carbocycles. The van der Waals surface area contributed by atoms with Gasteiger partial charge >= 0.3 is 11.9 Å². The van der Waals surface area contributed by atoms with Gasteiger partial charge in [-0.05, 0) is 54.5 Å². The lowest BCUT2D eigenvalue weighted by Gasteiger charge is -2.22. The number of methoxy groups -OCH3 is 1. The number of rotatable bonds is 15. The van der Waals surface area contributed by atoms with Crippen LogP contribution in [0.4, 0.5) is 0 Å². The molecular formula is C32H36O5. The Morgan fingerprint density at radius 3 is 2.08 bits per heavy atom. The fourth-order valence-electron chi connectivity index (χ4n) is 4.34. The Labute approximate surface area is 219 Å². The van der Waals surface area contributed by atoms with Gasteiger partial charge in [-0.25, -0.2) is 0 Å². The fourth-order valence-corrected chi connectivity index (χ4v) is 4.34. The molecule has 0 spiro atoms. The van der Waals surface area contributed by atoms with Gasteiger partial charge in [-0.3, -0.25) is 9.59 Å². The first-order valence-corrected chi connectivity index (χ1v) is 12.8. The van der Waals surface area contributed by atoms with E-state index in [1.807, 2.05) is 84.9 Å². The van der Waals surface area contributed by atoms with E-state index < -0.39 is 23.8 Å². The van der Waals surface area contributed by atoms with E-state index in [0.29, 0.717) is 6.42 Å². The van der Waals surface area contributed by atoms with Crippen molar-refractivity contribution in [2.24, 2.45) is 11.8 Å². The minimum absolute atomic E-state index is 0.137. The molecule has 0 aliphatic heterocycles. The summed E-state index contributed by atoms with van der Waals surface area (Å²) in [4.78, 5) is 25.4. The molecule has 0 amide bonds. The molecule has 0 aromatic heterocycles. The maximum atomic E-state index is 13.1. The largest absolute Gasteiger partial charge is 0.497 e. The Balaban J connectivity index is 1.62. The third-order valence-electron chi connectivity index (χ3n) is 6.47. The van der Waals surface area contributed by atoms with E-state index in [-0.39, 0.29) is 13.0 Å². The molecule has 2 atom stereocenters. The van der Waals surface area contributed by atoms with Crippen LogP contribution in [-0.4, -0.2) is 24.2 Å². The number of carboxylic acid groups (broad SMARTS) is 1.